The van der Waals surface area contributed by atoms with Crippen molar-refractivity contribution < 1.29 is 0 Å². The van der Waals surface area contributed by atoms with Crippen LogP contribution in [0.15, 0.2) is 24.3 Å². The van der Waals surface area contributed by atoms with Crippen LogP contribution in [0, 0.1) is 0 Å². The van der Waals surface area contributed by atoms with Gasteiger partial charge in [0, 0.05) is 17.3 Å². The molecule has 0 amide bonds. The fourth-order valence-electron chi connectivity index (χ4n) is 1.54. The summed E-state index contributed by atoms with van der Waals surface area (Å²) < 4.78 is 0. The Balaban J connectivity index is 2.48. The lowest BCUT2D eigenvalue weighted by atomic mass is 10.1. The van der Waals surface area contributed by atoms with Gasteiger partial charge in [0.15, 0.2) is 0 Å². The van der Waals surface area contributed by atoms with Crippen molar-refractivity contribution in [2.75, 3.05) is 26.0 Å². The van der Waals surface area contributed by atoms with Crippen LogP contribution >= 0.6 is 12.2 Å². The van der Waals surface area contributed by atoms with Crippen LogP contribution in [-0.4, -0.2) is 36.6 Å². The molecule has 0 radical (unpaired) electrons. The van der Waals surface area contributed by atoms with Crippen LogP contribution in [0.1, 0.15) is 18.9 Å². The molecule has 0 aliphatic carbocycles. The Morgan fingerprint density at radius 3 is 2.41 bits per heavy atom. The summed E-state index contributed by atoms with van der Waals surface area (Å²) >= 11 is 4.92. The molecule has 0 spiro atoms. The van der Waals surface area contributed by atoms with Crippen LogP contribution in [0.25, 0.3) is 0 Å². The first kappa shape index (κ1) is 13.9. The topological polar surface area (TPSA) is 41.3 Å². The van der Waals surface area contributed by atoms with E-state index < -0.39 is 0 Å². The van der Waals surface area contributed by atoms with Crippen LogP contribution in [0.3, 0.4) is 0 Å². The van der Waals surface area contributed by atoms with Crippen molar-refractivity contribution in [3.63, 3.8) is 0 Å². The summed E-state index contributed by atoms with van der Waals surface area (Å²) in [4.78, 5) is 2.63. The van der Waals surface area contributed by atoms with Crippen molar-refractivity contribution in [2.24, 2.45) is 5.73 Å². The molecule has 94 valence electrons. The van der Waals surface area contributed by atoms with Crippen molar-refractivity contribution in [2.45, 2.75) is 19.4 Å². The number of anilines is 1. The van der Waals surface area contributed by atoms with E-state index in [4.69, 9.17) is 18.0 Å². The van der Waals surface area contributed by atoms with Crippen LogP contribution in [-0.2, 0) is 0 Å². The molecule has 0 aliphatic rings. The van der Waals surface area contributed by atoms with Gasteiger partial charge in [-0.2, -0.15) is 0 Å². The number of nitrogens with two attached hydrogens (primary N) is 1. The molecular weight excluding hydrogens is 230 g/mol. The molecule has 1 unspecified atom stereocenters. The molecule has 1 aromatic carbocycles. The molecule has 3 nitrogen and oxygen atoms in total. The lowest BCUT2D eigenvalue weighted by Crippen LogP contribution is -2.23. The third kappa shape index (κ3) is 5.15. The quantitative estimate of drug-likeness (QED) is 0.760. The molecule has 0 fully saturated rings. The molecular formula is C13H21N3S. The number of nitrogens with one attached hydrogen (secondary N) is 1. The van der Waals surface area contributed by atoms with E-state index in [0.29, 0.717) is 11.0 Å². The van der Waals surface area contributed by atoms with Gasteiger partial charge < -0.3 is 16.0 Å². The SMILES string of the molecule is CC(CCN(C)C)Nc1ccc(C(N)=S)cc1. The zero-order valence-electron chi connectivity index (χ0n) is 10.7. The van der Waals surface area contributed by atoms with E-state index in [0.717, 1.165) is 24.2 Å². The van der Waals surface area contributed by atoms with Gasteiger partial charge in [-0.15, -0.1) is 0 Å². The Morgan fingerprint density at radius 2 is 1.94 bits per heavy atom. The zero-order valence-corrected chi connectivity index (χ0v) is 11.6. The summed E-state index contributed by atoms with van der Waals surface area (Å²) in [5, 5.41) is 3.45. The van der Waals surface area contributed by atoms with Crippen LogP contribution < -0.4 is 11.1 Å². The molecule has 0 aromatic heterocycles. The number of hydrogen-bond acceptors (Lipinski definition) is 3. The van der Waals surface area contributed by atoms with E-state index in [9.17, 15) is 0 Å². The van der Waals surface area contributed by atoms with Gasteiger partial charge in [-0.25, -0.2) is 0 Å². The van der Waals surface area contributed by atoms with Gasteiger partial charge in [0.2, 0.25) is 0 Å². The molecule has 4 heteroatoms. The lowest BCUT2D eigenvalue weighted by molar-refractivity contribution is 0.390. The highest BCUT2D eigenvalue weighted by atomic mass is 32.1. The molecule has 1 aromatic rings. The fourth-order valence-corrected chi connectivity index (χ4v) is 1.68. The molecule has 0 bridgehead atoms. The average Bonchev–Trinajstić information content (AvgIpc) is 2.27. The lowest BCUT2D eigenvalue weighted by Gasteiger charge is -2.17. The molecule has 1 rings (SSSR count). The van der Waals surface area contributed by atoms with Crippen molar-refractivity contribution in [1.29, 1.82) is 0 Å². The van der Waals surface area contributed by atoms with E-state index in [-0.39, 0.29) is 0 Å². The minimum Gasteiger partial charge on any atom is -0.389 e. The number of nitrogens with zero attached hydrogens (tertiary/aromatic N) is 1. The Kier molecular flexibility index (Phi) is 5.38. The van der Waals surface area contributed by atoms with E-state index in [1.165, 1.54) is 0 Å². The molecule has 3 N–H and O–H groups in total. The first-order valence-electron chi connectivity index (χ1n) is 5.80. The average molecular weight is 251 g/mol. The smallest absolute Gasteiger partial charge is 0.103 e. The molecule has 0 heterocycles. The van der Waals surface area contributed by atoms with E-state index >= 15 is 0 Å². The maximum absolute atomic E-state index is 5.55. The molecule has 17 heavy (non-hydrogen) atoms. The maximum Gasteiger partial charge on any atom is 0.103 e. The summed E-state index contributed by atoms with van der Waals surface area (Å²) in [5.41, 5.74) is 7.57. The van der Waals surface area contributed by atoms with Gasteiger partial charge in [0.25, 0.3) is 0 Å². The van der Waals surface area contributed by atoms with Crippen molar-refractivity contribution >= 4 is 22.9 Å². The second-order valence-corrected chi connectivity index (χ2v) is 5.02. The Labute approximate surface area is 109 Å². The Hall–Kier alpha value is -1.13. The maximum atomic E-state index is 5.55. The van der Waals surface area contributed by atoms with Crippen LogP contribution in [0.4, 0.5) is 5.69 Å². The summed E-state index contributed by atoms with van der Waals surface area (Å²) in [7, 11) is 4.17. The number of rotatable bonds is 6. The van der Waals surface area contributed by atoms with Crippen LogP contribution in [0.5, 0.6) is 0 Å². The molecule has 0 aliphatic heterocycles. The first-order valence-corrected chi connectivity index (χ1v) is 6.21. The van der Waals surface area contributed by atoms with E-state index in [1.54, 1.807) is 0 Å². The molecule has 0 saturated carbocycles. The minimum atomic E-state index is 0.442. The fraction of sp³-hybridized carbons (Fsp3) is 0.462. The van der Waals surface area contributed by atoms with Gasteiger partial charge in [0.05, 0.1) is 0 Å². The molecule has 0 saturated heterocycles. The monoisotopic (exact) mass is 251 g/mol. The minimum absolute atomic E-state index is 0.442. The van der Waals surface area contributed by atoms with Crippen LogP contribution in [0.2, 0.25) is 0 Å². The van der Waals surface area contributed by atoms with Gasteiger partial charge in [-0.3, -0.25) is 0 Å². The second kappa shape index (κ2) is 6.57. The summed E-state index contributed by atoms with van der Waals surface area (Å²) in [6.45, 7) is 3.27. The highest BCUT2D eigenvalue weighted by molar-refractivity contribution is 7.80. The zero-order chi connectivity index (χ0) is 12.8. The standard InChI is InChI=1S/C13H21N3S/c1-10(8-9-16(2)3)15-12-6-4-11(5-7-12)13(14)17/h4-7,10,15H,8-9H2,1-3H3,(H2,14,17). The summed E-state index contributed by atoms with van der Waals surface area (Å²) in [6.07, 6.45) is 1.12. The summed E-state index contributed by atoms with van der Waals surface area (Å²) in [5.74, 6) is 0. The van der Waals surface area contributed by atoms with Crippen molar-refractivity contribution in [3.05, 3.63) is 29.8 Å². The normalized spacial score (nSPS) is 12.5. The Morgan fingerprint density at radius 1 is 1.35 bits per heavy atom. The molecule has 1 atom stereocenters. The Bertz CT molecular complexity index is 359. The highest BCUT2D eigenvalue weighted by Crippen LogP contribution is 2.11. The summed E-state index contributed by atoms with van der Waals surface area (Å²) in [6, 6.07) is 8.38. The highest BCUT2D eigenvalue weighted by Gasteiger charge is 2.03. The second-order valence-electron chi connectivity index (χ2n) is 4.58. The first-order chi connectivity index (χ1) is 7.99. The largest absolute Gasteiger partial charge is 0.389 e. The van der Waals surface area contributed by atoms with Gasteiger partial charge in [-0.1, -0.05) is 12.2 Å². The third-order valence-corrected chi connectivity index (χ3v) is 2.83. The predicted octanol–water partition coefficient (Wildman–Crippen LogP) is 2.07. The van der Waals surface area contributed by atoms with Crippen molar-refractivity contribution in [3.8, 4) is 0 Å². The van der Waals surface area contributed by atoms with Gasteiger partial charge in [0.1, 0.15) is 4.99 Å². The predicted molar refractivity (Wildman–Crippen MR) is 78.6 cm³/mol. The van der Waals surface area contributed by atoms with E-state index in [1.807, 2.05) is 24.3 Å². The third-order valence-electron chi connectivity index (χ3n) is 2.59. The number of hydrogen-bond donors (Lipinski definition) is 2. The van der Waals surface area contributed by atoms with Gasteiger partial charge in [-0.05, 0) is 58.3 Å². The number of benzene rings is 1. The van der Waals surface area contributed by atoms with Crippen molar-refractivity contribution in [1.82, 2.24) is 4.90 Å². The number of thiocarbonyl (C=S) groups is 1. The van der Waals surface area contributed by atoms with Gasteiger partial charge >= 0.3 is 0 Å². The van der Waals surface area contributed by atoms with E-state index in [2.05, 4.69) is 31.2 Å².